The highest BCUT2D eigenvalue weighted by Crippen LogP contribution is 2.10. The number of hydrogen-bond donors (Lipinski definition) is 0. The van der Waals surface area contributed by atoms with Gasteiger partial charge in [0.15, 0.2) is 0 Å². The van der Waals surface area contributed by atoms with E-state index in [4.69, 9.17) is 0 Å². The number of nitrogens with zero attached hydrogens (tertiary/aromatic N) is 1. The van der Waals surface area contributed by atoms with E-state index in [9.17, 15) is 4.79 Å². The van der Waals surface area contributed by atoms with E-state index in [1.807, 2.05) is 31.3 Å². The first-order chi connectivity index (χ1) is 8.04. The van der Waals surface area contributed by atoms with Crippen molar-refractivity contribution in [3.63, 3.8) is 0 Å². The lowest BCUT2D eigenvalue weighted by molar-refractivity contribution is 0.0789. The van der Waals surface area contributed by atoms with Crippen LogP contribution < -0.4 is 0 Å². The van der Waals surface area contributed by atoms with Crippen LogP contribution in [0.5, 0.6) is 0 Å². The first-order valence-electron chi connectivity index (χ1n) is 5.95. The van der Waals surface area contributed by atoms with E-state index in [1.165, 1.54) is 5.56 Å². The molecular weight excluding hydrogens is 278 g/mol. The maximum atomic E-state index is 12.1. The molecule has 1 rings (SSSR count). The highest BCUT2D eigenvalue weighted by molar-refractivity contribution is 9.08. The molecule has 17 heavy (non-hydrogen) atoms. The van der Waals surface area contributed by atoms with Crippen molar-refractivity contribution in [1.82, 2.24) is 4.90 Å². The van der Waals surface area contributed by atoms with Gasteiger partial charge >= 0.3 is 0 Å². The van der Waals surface area contributed by atoms with Gasteiger partial charge < -0.3 is 4.90 Å². The van der Waals surface area contributed by atoms with E-state index in [0.29, 0.717) is 5.92 Å². The van der Waals surface area contributed by atoms with E-state index >= 15 is 0 Å². The van der Waals surface area contributed by atoms with E-state index in [0.717, 1.165) is 23.9 Å². The van der Waals surface area contributed by atoms with Gasteiger partial charge in [-0.3, -0.25) is 4.79 Å². The van der Waals surface area contributed by atoms with Crippen molar-refractivity contribution < 1.29 is 4.79 Å². The maximum Gasteiger partial charge on any atom is 0.253 e. The smallest absolute Gasteiger partial charge is 0.253 e. The zero-order valence-corrected chi connectivity index (χ0v) is 12.3. The second kappa shape index (κ2) is 6.80. The molecule has 0 aliphatic carbocycles. The molecule has 3 heteroatoms. The fourth-order valence-corrected chi connectivity index (χ4v) is 1.88. The number of halogens is 1. The predicted molar refractivity (Wildman–Crippen MR) is 75.5 cm³/mol. The zero-order valence-electron chi connectivity index (χ0n) is 10.7. The third kappa shape index (κ3) is 4.50. The number of hydrogen-bond acceptors (Lipinski definition) is 1. The molecule has 0 bridgehead atoms. The van der Waals surface area contributed by atoms with Crippen LogP contribution >= 0.6 is 15.9 Å². The molecule has 0 aliphatic heterocycles. The third-order valence-corrected chi connectivity index (χ3v) is 3.39. The Kier molecular flexibility index (Phi) is 5.69. The van der Waals surface area contributed by atoms with Gasteiger partial charge in [-0.1, -0.05) is 41.9 Å². The Balaban J connectivity index is 2.61. The van der Waals surface area contributed by atoms with Crippen molar-refractivity contribution >= 4 is 21.8 Å². The van der Waals surface area contributed by atoms with Crippen LogP contribution in [0.3, 0.4) is 0 Å². The lowest BCUT2D eigenvalue weighted by atomic mass is 10.1. The molecule has 94 valence electrons. The standard InChI is InChI=1S/C14H20BrNO/c1-11(2)8-9-16(3)14(17)13-6-4-12(10-15)5-7-13/h4-7,11H,8-10H2,1-3H3. The van der Waals surface area contributed by atoms with Crippen LogP contribution in [0.4, 0.5) is 0 Å². The van der Waals surface area contributed by atoms with Crippen molar-refractivity contribution in [2.24, 2.45) is 5.92 Å². The molecule has 0 atom stereocenters. The second-order valence-electron chi connectivity index (χ2n) is 4.74. The highest BCUT2D eigenvalue weighted by atomic mass is 79.9. The average Bonchev–Trinajstić information content (AvgIpc) is 2.35. The number of rotatable bonds is 5. The molecule has 1 amide bonds. The first-order valence-corrected chi connectivity index (χ1v) is 7.07. The van der Waals surface area contributed by atoms with E-state index < -0.39 is 0 Å². The monoisotopic (exact) mass is 297 g/mol. The summed E-state index contributed by atoms with van der Waals surface area (Å²) >= 11 is 3.39. The predicted octanol–water partition coefficient (Wildman–Crippen LogP) is 3.70. The van der Waals surface area contributed by atoms with Gasteiger partial charge in [-0.2, -0.15) is 0 Å². The molecule has 0 saturated heterocycles. The van der Waals surface area contributed by atoms with E-state index in [-0.39, 0.29) is 5.91 Å². The molecule has 0 unspecified atom stereocenters. The van der Waals surface area contributed by atoms with E-state index in [1.54, 1.807) is 4.90 Å². The molecule has 1 aromatic rings. The Bertz CT molecular complexity index is 359. The van der Waals surface area contributed by atoms with Gasteiger partial charge in [0.25, 0.3) is 5.91 Å². The number of alkyl halides is 1. The highest BCUT2D eigenvalue weighted by Gasteiger charge is 2.11. The van der Waals surface area contributed by atoms with Gasteiger partial charge in [-0.05, 0) is 30.0 Å². The van der Waals surface area contributed by atoms with Gasteiger partial charge in [0.2, 0.25) is 0 Å². The van der Waals surface area contributed by atoms with Crippen LogP contribution in [0.2, 0.25) is 0 Å². The minimum absolute atomic E-state index is 0.103. The van der Waals surface area contributed by atoms with Crippen LogP contribution in [0.25, 0.3) is 0 Å². The van der Waals surface area contributed by atoms with Crippen molar-refractivity contribution in [2.45, 2.75) is 25.6 Å². The third-order valence-electron chi connectivity index (χ3n) is 2.74. The van der Waals surface area contributed by atoms with Crippen LogP contribution in [0.15, 0.2) is 24.3 Å². The minimum atomic E-state index is 0.103. The van der Waals surface area contributed by atoms with Crippen LogP contribution in [0, 0.1) is 5.92 Å². The molecule has 0 radical (unpaired) electrons. The fourth-order valence-electron chi connectivity index (χ4n) is 1.51. The molecule has 0 N–H and O–H groups in total. The Hall–Kier alpha value is -0.830. The summed E-state index contributed by atoms with van der Waals surface area (Å²) in [7, 11) is 1.86. The van der Waals surface area contributed by atoms with Crippen LogP contribution in [-0.4, -0.2) is 24.4 Å². The summed E-state index contributed by atoms with van der Waals surface area (Å²) in [5.74, 6) is 0.729. The summed E-state index contributed by atoms with van der Waals surface area (Å²) in [6.07, 6.45) is 1.04. The van der Waals surface area contributed by atoms with Crippen LogP contribution in [-0.2, 0) is 5.33 Å². The van der Waals surface area contributed by atoms with Crippen molar-refractivity contribution in [3.05, 3.63) is 35.4 Å². The van der Waals surface area contributed by atoms with Crippen LogP contribution in [0.1, 0.15) is 36.2 Å². The fraction of sp³-hybridized carbons (Fsp3) is 0.500. The summed E-state index contributed by atoms with van der Waals surface area (Å²) in [6.45, 7) is 5.16. The summed E-state index contributed by atoms with van der Waals surface area (Å²) < 4.78 is 0. The summed E-state index contributed by atoms with van der Waals surface area (Å²) in [6, 6.07) is 7.76. The number of carbonyl (C=O) groups excluding carboxylic acids is 1. The Labute approximate surface area is 112 Å². The van der Waals surface area contributed by atoms with Gasteiger partial charge in [0.05, 0.1) is 0 Å². The lowest BCUT2D eigenvalue weighted by Crippen LogP contribution is -2.28. The second-order valence-corrected chi connectivity index (χ2v) is 5.30. The number of benzene rings is 1. The molecule has 0 fully saturated rings. The molecular formula is C14H20BrNO. The Morgan fingerprint density at radius 2 is 1.88 bits per heavy atom. The largest absolute Gasteiger partial charge is 0.342 e. The van der Waals surface area contributed by atoms with Gasteiger partial charge in [0.1, 0.15) is 0 Å². The minimum Gasteiger partial charge on any atom is -0.342 e. The number of carbonyl (C=O) groups is 1. The molecule has 0 heterocycles. The molecule has 0 spiro atoms. The molecule has 2 nitrogen and oxygen atoms in total. The van der Waals surface area contributed by atoms with Gasteiger partial charge in [-0.25, -0.2) is 0 Å². The SMILES string of the molecule is CC(C)CCN(C)C(=O)c1ccc(CBr)cc1. The quantitative estimate of drug-likeness (QED) is 0.759. The van der Waals surface area contributed by atoms with E-state index in [2.05, 4.69) is 29.8 Å². The van der Waals surface area contributed by atoms with Crippen molar-refractivity contribution in [3.8, 4) is 0 Å². The number of amides is 1. The topological polar surface area (TPSA) is 20.3 Å². The zero-order chi connectivity index (χ0) is 12.8. The average molecular weight is 298 g/mol. The Morgan fingerprint density at radius 3 is 2.35 bits per heavy atom. The summed E-state index contributed by atoms with van der Waals surface area (Å²) in [4.78, 5) is 13.9. The molecule has 0 saturated carbocycles. The van der Waals surface area contributed by atoms with Gasteiger partial charge in [0, 0.05) is 24.5 Å². The van der Waals surface area contributed by atoms with Crippen molar-refractivity contribution in [2.75, 3.05) is 13.6 Å². The Morgan fingerprint density at radius 1 is 1.29 bits per heavy atom. The van der Waals surface area contributed by atoms with Crippen molar-refractivity contribution in [1.29, 1.82) is 0 Å². The molecule has 1 aromatic carbocycles. The molecule has 0 aromatic heterocycles. The van der Waals surface area contributed by atoms with Gasteiger partial charge in [-0.15, -0.1) is 0 Å². The summed E-state index contributed by atoms with van der Waals surface area (Å²) in [5, 5.41) is 0.824. The lowest BCUT2D eigenvalue weighted by Gasteiger charge is -2.18. The maximum absolute atomic E-state index is 12.1. The molecule has 0 aliphatic rings. The first kappa shape index (κ1) is 14.2. The normalized spacial score (nSPS) is 10.6. The summed E-state index contributed by atoms with van der Waals surface area (Å²) in [5.41, 5.74) is 1.95.